The van der Waals surface area contributed by atoms with Crippen LogP contribution in [0.3, 0.4) is 0 Å². The van der Waals surface area contributed by atoms with Crippen molar-refractivity contribution in [2.45, 2.75) is 26.2 Å². The number of hydrogen-bond donors (Lipinski definition) is 0. The van der Waals surface area contributed by atoms with Gasteiger partial charge in [-0.05, 0) is 13.3 Å². The van der Waals surface area contributed by atoms with Crippen molar-refractivity contribution in [3.8, 4) is 0 Å². The van der Waals surface area contributed by atoms with Crippen LogP contribution in [-0.2, 0) is 13.6 Å². The Balaban J connectivity index is 3.23. The second kappa shape index (κ2) is 4.26. The maximum absolute atomic E-state index is 11.6. The zero-order chi connectivity index (χ0) is 10.7. The van der Waals surface area contributed by atoms with Gasteiger partial charge in [0.25, 0.3) is 0 Å². The number of aryl methyl sites for hydroxylation is 1. The maximum Gasteiger partial charge on any atom is 0.353 e. The van der Waals surface area contributed by atoms with Crippen molar-refractivity contribution in [2.24, 2.45) is 7.05 Å². The second-order valence-corrected chi connectivity index (χ2v) is 3.08. The molecule has 0 unspecified atom stereocenters. The van der Waals surface area contributed by atoms with Crippen LogP contribution in [0.5, 0.6) is 0 Å². The molecule has 1 aromatic rings. The minimum atomic E-state index is -0.501. The van der Waals surface area contributed by atoms with Crippen molar-refractivity contribution in [3.05, 3.63) is 26.8 Å². The molecule has 1 aromatic heterocycles. The van der Waals surface area contributed by atoms with Gasteiger partial charge in [0, 0.05) is 13.6 Å². The van der Waals surface area contributed by atoms with Gasteiger partial charge in [0.05, 0.1) is 7.85 Å². The van der Waals surface area contributed by atoms with Crippen molar-refractivity contribution < 1.29 is 0 Å². The fourth-order valence-electron chi connectivity index (χ4n) is 1.12. The molecule has 0 aromatic carbocycles. The molecule has 14 heavy (non-hydrogen) atoms. The third kappa shape index (κ3) is 1.94. The zero-order valence-corrected chi connectivity index (χ0v) is 8.36. The first kappa shape index (κ1) is 10.8. The Bertz CT molecular complexity index is 435. The minimum absolute atomic E-state index is 0.329. The lowest BCUT2D eigenvalue weighted by atomic mass is 10.0. The fraction of sp³-hybridized carbons (Fsp3) is 0.625. The van der Waals surface area contributed by atoms with Crippen molar-refractivity contribution in [2.75, 3.05) is 0 Å². The molecule has 0 fully saturated rings. The molecule has 1 rings (SSSR count). The summed E-state index contributed by atoms with van der Waals surface area (Å²) in [5.74, 6) is 0.420. The SMILES string of the molecule is [B]CCCn1c(=O)nc(C)n(C)c1=O. The van der Waals surface area contributed by atoms with Gasteiger partial charge < -0.3 is 0 Å². The van der Waals surface area contributed by atoms with Crippen molar-refractivity contribution in [1.29, 1.82) is 0 Å². The highest BCUT2D eigenvalue weighted by Gasteiger charge is 2.05. The molecule has 0 atom stereocenters. The summed E-state index contributed by atoms with van der Waals surface area (Å²) in [6, 6.07) is 0. The molecule has 6 heteroatoms. The average Bonchev–Trinajstić information content (AvgIpc) is 2.14. The highest BCUT2D eigenvalue weighted by molar-refractivity contribution is 6.08. The lowest BCUT2D eigenvalue weighted by molar-refractivity contribution is 0.544. The third-order valence-electron chi connectivity index (χ3n) is 2.08. The normalized spacial score (nSPS) is 10.4. The van der Waals surface area contributed by atoms with Gasteiger partial charge in [-0.3, -0.25) is 4.57 Å². The van der Waals surface area contributed by atoms with Crippen molar-refractivity contribution in [1.82, 2.24) is 14.1 Å². The number of aromatic nitrogens is 3. The van der Waals surface area contributed by atoms with Gasteiger partial charge >= 0.3 is 11.4 Å². The van der Waals surface area contributed by atoms with E-state index in [1.165, 1.54) is 4.57 Å². The Labute approximate surface area is 82.8 Å². The molecule has 0 bridgehead atoms. The van der Waals surface area contributed by atoms with Gasteiger partial charge in [0.1, 0.15) is 5.82 Å². The first-order valence-corrected chi connectivity index (χ1v) is 4.42. The van der Waals surface area contributed by atoms with Crippen LogP contribution < -0.4 is 11.4 Å². The Morgan fingerprint density at radius 3 is 2.64 bits per heavy atom. The van der Waals surface area contributed by atoms with E-state index in [1.807, 2.05) is 0 Å². The van der Waals surface area contributed by atoms with E-state index in [-0.39, 0.29) is 5.69 Å². The van der Waals surface area contributed by atoms with Gasteiger partial charge in [0.15, 0.2) is 0 Å². The summed E-state index contributed by atoms with van der Waals surface area (Å²) >= 11 is 0. The molecule has 0 saturated carbocycles. The Hall–Kier alpha value is -1.33. The highest BCUT2D eigenvalue weighted by atomic mass is 16.2. The Kier molecular flexibility index (Phi) is 3.27. The molecule has 1 heterocycles. The van der Waals surface area contributed by atoms with Crippen LogP contribution in [0.1, 0.15) is 12.2 Å². The predicted molar refractivity (Wildman–Crippen MR) is 53.7 cm³/mol. The number of hydrogen-bond acceptors (Lipinski definition) is 3. The topological polar surface area (TPSA) is 56.9 Å². The van der Waals surface area contributed by atoms with Crippen LogP contribution in [-0.4, -0.2) is 22.0 Å². The standard InChI is InChI=1S/C8H12BN3O2/c1-6-10-7(13)12(5-3-4-9)8(14)11(6)2/h3-5H2,1-2H3. The van der Waals surface area contributed by atoms with Crippen molar-refractivity contribution >= 4 is 7.85 Å². The first-order chi connectivity index (χ1) is 6.57. The van der Waals surface area contributed by atoms with Gasteiger partial charge in [-0.2, -0.15) is 4.98 Å². The molecule has 74 valence electrons. The molecule has 0 N–H and O–H groups in total. The van der Waals surface area contributed by atoms with Crippen LogP contribution in [0.15, 0.2) is 9.59 Å². The second-order valence-electron chi connectivity index (χ2n) is 3.08. The predicted octanol–water partition coefficient (Wildman–Crippen LogP) is -0.773. The summed E-state index contributed by atoms with van der Waals surface area (Å²) in [6.07, 6.45) is 1.04. The van der Waals surface area contributed by atoms with Crippen LogP contribution in [0.2, 0.25) is 6.32 Å². The Morgan fingerprint density at radius 2 is 2.07 bits per heavy atom. The summed E-state index contributed by atoms with van der Waals surface area (Å²) < 4.78 is 2.44. The largest absolute Gasteiger partial charge is 0.353 e. The van der Waals surface area contributed by atoms with E-state index in [0.717, 1.165) is 4.57 Å². The average molecular weight is 193 g/mol. The smallest absolute Gasteiger partial charge is 0.285 e. The van der Waals surface area contributed by atoms with Gasteiger partial charge in [-0.25, -0.2) is 14.2 Å². The molecule has 2 radical (unpaired) electrons. The first-order valence-electron chi connectivity index (χ1n) is 4.42. The van der Waals surface area contributed by atoms with E-state index in [1.54, 1.807) is 14.0 Å². The summed E-state index contributed by atoms with van der Waals surface area (Å²) in [4.78, 5) is 26.6. The Morgan fingerprint density at radius 1 is 1.43 bits per heavy atom. The van der Waals surface area contributed by atoms with E-state index < -0.39 is 5.69 Å². The molecule has 5 nitrogen and oxygen atoms in total. The van der Waals surface area contributed by atoms with Gasteiger partial charge in [0.2, 0.25) is 0 Å². The fourth-order valence-corrected chi connectivity index (χ4v) is 1.12. The van der Waals surface area contributed by atoms with Crippen LogP contribution >= 0.6 is 0 Å². The van der Waals surface area contributed by atoms with E-state index >= 15 is 0 Å². The minimum Gasteiger partial charge on any atom is -0.285 e. The summed E-state index contributed by atoms with van der Waals surface area (Å²) in [6.45, 7) is 1.95. The lowest BCUT2D eigenvalue weighted by Gasteiger charge is -2.06. The van der Waals surface area contributed by atoms with Gasteiger partial charge in [-0.15, -0.1) is 0 Å². The summed E-state index contributed by atoms with van der Waals surface area (Å²) in [7, 11) is 6.89. The van der Waals surface area contributed by atoms with Crippen LogP contribution in [0, 0.1) is 6.92 Å². The van der Waals surface area contributed by atoms with E-state index in [2.05, 4.69) is 4.98 Å². The number of rotatable bonds is 3. The third-order valence-corrected chi connectivity index (χ3v) is 2.08. The van der Waals surface area contributed by atoms with Gasteiger partial charge in [-0.1, -0.05) is 6.32 Å². The van der Waals surface area contributed by atoms with E-state index in [4.69, 9.17) is 7.85 Å². The maximum atomic E-state index is 11.6. The lowest BCUT2D eigenvalue weighted by Crippen LogP contribution is -2.41. The number of nitrogens with zero attached hydrogens (tertiary/aromatic N) is 3. The summed E-state index contributed by atoms with van der Waals surface area (Å²) in [5.41, 5.74) is -0.838. The quantitative estimate of drug-likeness (QED) is 0.592. The molecule has 0 saturated heterocycles. The van der Waals surface area contributed by atoms with E-state index in [9.17, 15) is 9.59 Å². The molecule has 0 aliphatic carbocycles. The van der Waals surface area contributed by atoms with Crippen LogP contribution in [0.25, 0.3) is 0 Å². The van der Waals surface area contributed by atoms with Crippen molar-refractivity contribution in [3.63, 3.8) is 0 Å². The molecule has 0 spiro atoms. The highest BCUT2D eigenvalue weighted by Crippen LogP contribution is 1.87. The molecule has 0 aliphatic rings. The monoisotopic (exact) mass is 193 g/mol. The van der Waals surface area contributed by atoms with Crippen LogP contribution in [0.4, 0.5) is 0 Å². The zero-order valence-electron chi connectivity index (χ0n) is 8.36. The van der Waals surface area contributed by atoms with E-state index in [0.29, 0.717) is 25.1 Å². The molecule has 0 amide bonds. The summed E-state index contributed by atoms with van der Waals surface area (Å²) in [5, 5.41) is 0. The molecular formula is C8H12BN3O2. The molecular weight excluding hydrogens is 181 g/mol. The molecule has 0 aliphatic heterocycles.